The lowest BCUT2D eigenvalue weighted by molar-refractivity contribution is -0.122. The molecule has 0 fully saturated rings. The number of amides is 1. The molecule has 0 aliphatic heterocycles. The lowest BCUT2D eigenvalue weighted by Crippen LogP contribution is -2.35. The number of benzene rings is 1. The van der Waals surface area contributed by atoms with Crippen LogP contribution in [0.3, 0.4) is 0 Å². The van der Waals surface area contributed by atoms with E-state index in [1.807, 2.05) is 5.43 Å². The third-order valence-electron chi connectivity index (χ3n) is 2.48. The van der Waals surface area contributed by atoms with Gasteiger partial charge in [0.15, 0.2) is 0 Å². The van der Waals surface area contributed by atoms with E-state index in [0.717, 1.165) is 0 Å². The fourth-order valence-electron chi connectivity index (χ4n) is 1.67. The fourth-order valence-corrected chi connectivity index (χ4v) is 1.83. The second-order valence-corrected chi connectivity index (χ2v) is 4.05. The minimum Gasteiger partial charge on any atom is -0.294 e. The van der Waals surface area contributed by atoms with Gasteiger partial charge in [-0.25, -0.2) is 19.0 Å². The van der Waals surface area contributed by atoms with Crippen molar-refractivity contribution in [2.75, 3.05) is 5.88 Å². The number of halogens is 5. The Kier molecular flexibility index (Phi) is 7.82. The molecule has 1 amide bonds. The molecule has 108 valence electrons. The zero-order chi connectivity index (χ0) is 13.7. The standard InChI is InChI=1S/C11H12ClF3N2O.ClH/c12-3-1-2-7(11(18)17-16)10-8(14)4-6(13)5-9(10)15;/h4-5,7H,1-3,16H2,(H,17,18);1H. The van der Waals surface area contributed by atoms with Gasteiger partial charge >= 0.3 is 0 Å². The Hall–Kier alpha value is -0.980. The lowest BCUT2D eigenvalue weighted by atomic mass is 9.92. The molecule has 0 saturated carbocycles. The summed E-state index contributed by atoms with van der Waals surface area (Å²) in [6.07, 6.45) is 0.488. The average Bonchev–Trinajstić information content (AvgIpc) is 2.31. The zero-order valence-electron chi connectivity index (χ0n) is 9.76. The van der Waals surface area contributed by atoms with Crippen LogP contribution in [-0.4, -0.2) is 11.8 Å². The molecule has 19 heavy (non-hydrogen) atoms. The molecule has 0 aromatic heterocycles. The van der Waals surface area contributed by atoms with Crippen LogP contribution in [0.25, 0.3) is 0 Å². The quantitative estimate of drug-likeness (QED) is 0.380. The van der Waals surface area contributed by atoms with Gasteiger partial charge in [0.25, 0.3) is 0 Å². The number of hydrazine groups is 1. The van der Waals surface area contributed by atoms with Gasteiger partial charge in [-0.15, -0.1) is 24.0 Å². The van der Waals surface area contributed by atoms with Crippen molar-refractivity contribution in [2.24, 2.45) is 5.84 Å². The van der Waals surface area contributed by atoms with Crippen LogP contribution in [-0.2, 0) is 4.79 Å². The molecule has 0 saturated heterocycles. The van der Waals surface area contributed by atoms with Crippen molar-refractivity contribution < 1.29 is 18.0 Å². The summed E-state index contributed by atoms with van der Waals surface area (Å²) in [5.41, 5.74) is 1.34. The Labute approximate surface area is 119 Å². The Morgan fingerprint density at radius 2 is 1.84 bits per heavy atom. The minimum atomic E-state index is -1.13. The van der Waals surface area contributed by atoms with E-state index in [1.54, 1.807) is 0 Å². The summed E-state index contributed by atoms with van der Waals surface area (Å²) in [6, 6.07) is 1.05. The molecular weight excluding hydrogens is 304 g/mol. The SMILES string of the molecule is Cl.NNC(=O)C(CCCCl)c1c(F)cc(F)cc1F. The molecular formula is C11H13Cl2F3N2O. The van der Waals surface area contributed by atoms with Crippen molar-refractivity contribution in [3.63, 3.8) is 0 Å². The van der Waals surface area contributed by atoms with E-state index in [1.165, 1.54) is 0 Å². The number of carbonyl (C=O) groups excluding carboxylic acids is 1. The van der Waals surface area contributed by atoms with Crippen molar-refractivity contribution in [3.8, 4) is 0 Å². The summed E-state index contributed by atoms with van der Waals surface area (Å²) in [5.74, 6) is 0.0457. The molecule has 0 spiro atoms. The van der Waals surface area contributed by atoms with E-state index in [9.17, 15) is 18.0 Å². The third-order valence-corrected chi connectivity index (χ3v) is 2.74. The van der Waals surface area contributed by atoms with Gasteiger partial charge in [-0.3, -0.25) is 10.2 Å². The number of carbonyl (C=O) groups is 1. The van der Waals surface area contributed by atoms with Gasteiger partial charge in [0.05, 0.1) is 5.92 Å². The second-order valence-electron chi connectivity index (χ2n) is 3.68. The maximum Gasteiger partial charge on any atom is 0.241 e. The van der Waals surface area contributed by atoms with Crippen molar-refractivity contribution in [3.05, 3.63) is 35.1 Å². The molecule has 8 heteroatoms. The van der Waals surface area contributed by atoms with Crippen LogP contribution >= 0.6 is 24.0 Å². The molecule has 1 aromatic rings. The van der Waals surface area contributed by atoms with Gasteiger partial charge in [0.2, 0.25) is 5.91 Å². The summed E-state index contributed by atoms with van der Waals surface area (Å²) in [4.78, 5) is 11.5. The van der Waals surface area contributed by atoms with Crippen LogP contribution in [0, 0.1) is 17.5 Å². The summed E-state index contributed by atoms with van der Waals surface area (Å²) >= 11 is 5.48. The van der Waals surface area contributed by atoms with Gasteiger partial charge in [0.1, 0.15) is 17.5 Å². The second kappa shape index (κ2) is 8.24. The van der Waals surface area contributed by atoms with Gasteiger partial charge in [-0.05, 0) is 12.8 Å². The number of alkyl halides is 1. The Morgan fingerprint density at radius 1 is 1.32 bits per heavy atom. The molecule has 0 bridgehead atoms. The molecule has 1 atom stereocenters. The highest BCUT2D eigenvalue weighted by Gasteiger charge is 2.26. The topological polar surface area (TPSA) is 55.1 Å². The first kappa shape index (κ1) is 18.0. The van der Waals surface area contributed by atoms with Crippen LogP contribution in [0.4, 0.5) is 13.2 Å². The van der Waals surface area contributed by atoms with E-state index in [2.05, 4.69) is 0 Å². The van der Waals surface area contributed by atoms with Crippen molar-refractivity contribution in [1.82, 2.24) is 5.43 Å². The number of nitrogens with two attached hydrogens (primary N) is 1. The van der Waals surface area contributed by atoms with Gasteiger partial charge < -0.3 is 0 Å². The molecule has 0 aliphatic rings. The molecule has 0 aliphatic carbocycles. The number of nitrogens with one attached hydrogen (secondary N) is 1. The molecule has 1 rings (SSSR count). The van der Waals surface area contributed by atoms with Gasteiger partial charge in [0, 0.05) is 23.6 Å². The molecule has 3 N–H and O–H groups in total. The number of rotatable bonds is 5. The zero-order valence-corrected chi connectivity index (χ0v) is 11.3. The first-order chi connectivity index (χ1) is 8.51. The Balaban J connectivity index is 0.00000324. The first-order valence-corrected chi connectivity index (χ1v) is 5.75. The van der Waals surface area contributed by atoms with E-state index in [-0.39, 0.29) is 24.7 Å². The molecule has 1 unspecified atom stereocenters. The van der Waals surface area contributed by atoms with E-state index in [0.29, 0.717) is 18.6 Å². The van der Waals surface area contributed by atoms with Crippen LogP contribution in [0.2, 0.25) is 0 Å². The van der Waals surface area contributed by atoms with E-state index >= 15 is 0 Å². The largest absolute Gasteiger partial charge is 0.294 e. The Morgan fingerprint density at radius 3 is 2.26 bits per heavy atom. The van der Waals surface area contributed by atoms with E-state index in [4.69, 9.17) is 17.4 Å². The predicted octanol–water partition coefficient (Wildman–Crippen LogP) is 2.62. The molecule has 1 aromatic carbocycles. The van der Waals surface area contributed by atoms with Crippen LogP contribution in [0.5, 0.6) is 0 Å². The molecule has 0 radical (unpaired) electrons. The van der Waals surface area contributed by atoms with Crippen LogP contribution in [0.1, 0.15) is 24.3 Å². The van der Waals surface area contributed by atoms with Crippen LogP contribution < -0.4 is 11.3 Å². The fraction of sp³-hybridized carbons (Fsp3) is 0.364. The highest BCUT2D eigenvalue weighted by atomic mass is 35.5. The van der Waals surface area contributed by atoms with Gasteiger partial charge in [-0.2, -0.15) is 0 Å². The smallest absolute Gasteiger partial charge is 0.241 e. The number of hydrogen-bond acceptors (Lipinski definition) is 2. The first-order valence-electron chi connectivity index (χ1n) is 5.22. The summed E-state index contributed by atoms with van der Waals surface area (Å²) in [6.45, 7) is 0. The Bertz CT molecular complexity index is 423. The molecule has 3 nitrogen and oxygen atoms in total. The van der Waals surface area contributed by atoms with Gasteiger partial charge in [-0.1, -0.05) is 0 Å². The van der Waals surface area contributed by atoms with Crippen molar-refractivity contribution in [2.45, 2.75) is 18.8 Å². The lowest BCUT2D eigenvalue weighted by Gasteiger charge is -2.16. The predicted molar refractivity (Wildman–Crippen MR) is 68.6 cm³/mol. The van der Waals surface area contributed by atoms with E-state index < -0.39 is 34.8 Å². The number of hydrogen-bond donors (Lipinski definition) is 2. The monoisotopic (exact) mass is 316 g/mol. The van der Waals surface area contributed by atoms with Crippen molar-refractivity contribution in [1.29, 1.82) is 0 Å². The maximum absolute atomic E-state index is 13.6. The molecule has 0 heterocycles. The van der Waals surface area contributed by atoms with Crippen LogP contribution in [0.15, 0.2) is 12.1 Å². The minimum absolute atomic E-state index is 0. The van der Waals surface area contributed by atoms with Crippen molar-refractivity contribution >= 4 is 29.9 Å². The highest BCUT2D eigenvalue weighted by molar-refractivity contribution is 6.17. The maximum atomic E-state index is 13.6. The average molecular weight is 317 g/mol. The normalized spacial score (nSPS) is 11.6. The highest BCUT2D eigenvalue weighted by Crippen LogP contribution is 2.27. The summed E-state index contributed by atoms with van der Waals surface area (Å²) in [7, 11) is 0. The summed E-state index contributed by atoms with van der Waals surface area (Å²) < 4.78 is 39.9. The summed E-state index contributed by atoms with van der Waals surface area (Å²) in [5, 5.41) is 0. The third kappa shape index (κ3) is 4.56.